The van der Waals surface area contributed by atoms with E-state index in [4.69, 9.17) is 4.74 Å². The van der Waals surface area contributed by atoms with E-state index in [1.54, 1.807) is 4.90 Å². The zero-order valence-corrected chi connectivity index (χ0v) is 11.8. The summed E-state index contributed by atoms with van der Waals surface area (Å²) in [7, 11) is 0. The highest BCUT2D eigenvalue weighted by molar-refractivity contribution is 5.94. The van der Waals surface area contributed by atoms with Gasteiger partial charge in [-0.25, -0.2) is 4.79 Å². The van der Waals surface area contributed by atoms with Crippen molar-refractivity contribution in [3.8, 4) is 0 Å². The van der Waals surface area contributed by atoms with Crippen LogP contribution in [0.5, 0.6) is 0 Å². The highest BCUT2D eigenvalue weighted by Crippen LogP contribution is 2.32. The first kappa shape index (κ1) is 13.2. The first-order valence-electron chi connectivity index (χ1n) is 7.26. The first-order valence-corrected chi connectivity index (χ1v) is 7.26. The summed E-state index contributed by atoms with van der Waals surface area (Å²) in [6.45, 7) is 4.73. The molecule has 3 rings (SSSR count). The first-order chi connectivity index (χ1) is 9.74. The van der Waals surface area contributed by atoms with Gasteiger partial charge in [0.25, 0.3) is 0 Å². The molecule has 1 aromatic rings. The number of hydrogen-bond donors (Lipinski definition) is 2. The predicted octanol–water partition coefficient (Wildman–Crippen LogP) is 2.30. The van der Waals surface area contributed by atoms with E-state index in [0.717, 1.165) is 24.2 Å². The number of carbonyl (C=O) groups is 1. The third kappa shape index (κ3) is 2.72. The molecule has 0 saturated carbocycles. The number of carbonyl (C=O) groups excluding carboxylic acids is 1. The molecule has 2 N–H and O–H groups in total. The van der Waals surface area contributed by atoms with Gasteiger partial charge in [-0.2, -0.15) is 0 Å². The van der Waals surface area contributed by atoms with E-state index < -0.39 is 0 Å². The van der Waals surface area contributed by atoms with Crippen molar-refractivity contribution < 1.29 is 9.53 Å². The van der Waals surface area contributed by atoms with Crippen LogP contribution in [0.1, 0.15) is 18.9 Å². The molecule has 1 aromatic carbocycles. The third-order valence-corrected chi connectivity index (χ3v) is 3.93. The summed E-state index contributed by atoms with van der Waals surface area (Å²) >= 11 is 0. The van der Waals surface area contributed by atoms with Crippen molar-refractivity contribution in [3.63, 3.8) is 0 Å². The van der Waals surface area contributed by atoms with Crippen molar-refractivity contribution in [2.24, 2.45) is 0 Å². The molecule has 2 heterocycles. The number of ether oxygens (including phenoxy) is 1. The Labute approximate surface area is 119 Å². The van der Waals surface area contributed by atoms with Crippen LogP contribution in [-0.4, -0.2) is 43.3 Å². The van der Waals surface area contributed by atoms with Gasteiger partial charge in [0.2, 0.25) is 0 Å². The molecule has 1 saturated heterocycles. The van der Waals surface area contributed by atoms with E-state index >= 15 is 0 Å². The number of fused-ring (bicyclic) bond motifs is 1. The number of nitrogens with zero attached hydrogens (tertiary/aromatic N) is 1. The molecule has 1 fully saturated rings. The van der Waals surface area contributed by atoms with Crippen LogP contribution in [0, 0.1) is 0 Å². The van der Waals surface area contributed by atoms with Crippen LogP contribution < -0.4 is 10.6 Å². The fourth-order valence-electron chi connectivity index (χ4n) is 2.73. The number of urea groups is 1. The molecule has 5 nitrogen and oxygen atoms in total. The summed E-state index contributed by atoms with van der Waals surface area (Å²) in [5.41, 5.74) is 3.24. The summed E-state index contributed by atoms with van der Waals surface area (Å²) in [4.78, 5) is 14.1. The van der Waals surface area contributed by atoms with Gasteiger partial charge in [-0.05, 0) is 31.4 Å². The molecule has 0 aromatic heterocycles. The number of anilines is 2. The van der Waals surface area contributed by atoms with Crippen molar-refractivity contribution in [2.45, 2.75) is 25.8 Å². The molecular weight excluding hydrogens is 254 g/mol. The second-order valence-electron chi connectivity index (χ2n) is 5.45. The minimum absolute atomic E-state index is 0.0401. The highest BCUT2D eigenvalue weighted by atomic mass is 16.5. The Bertz CT molecular complexity index is 498. The molecule has 0 spiro atoms. The molecule has 20 heavy (non-hydrogen) atoms. The minimum atomic E-state index is -0.0401. The van der Waals surface area contributed by atoms with Crippen molar-refractivity contribution in [1.29, 1.82) is 0 Å². The molecule has 1 unspecified atom stereocenters. The summed E-state index contributed by atoms with van der Waals surface area (Å²) in [6, 6.07) is 6.50. The maximum Gasteiger partial charge on any atom is 0.322 e. The number of amides is 2. The predicted molar refractivity (Wildman–Crippen MR) is 79.3 cm³/mol. The smallest absolute Gasteiger partial charge is 0.322 e. The number of benzene rings is 1. The van der Waals surface area contributed by atoms with Gasteiger partial charge < -0.3 is 20.3 Å². The lowest BCUT2D eigenvalue weighted by Crippen LogP contribution is -2.43. The summed E-state index contributed by atoms with van der Waals surface area (Å²) in [5.74, 6) is 0. The summed E-state index contributed by atoms with van der Waals surface area (Å²) in [5, 5.41) is 6.51. The monoisotopic (exact) mass is 275 g/mol. The molecule has 0 radical (unpaired) electrons. The average Bonchev–Trinajstić information content (AvgIpc) is 2.49. The number of hydrogen-bond acceptors (Lipinski definition) is 3. The lowest BCUT2D eigenvalue weighted by Gasteiger charge is -2.29. The molecule has 2 aliphatic heterocycles. The Morgan fingerprint density at radius 2 is 2.20 bits per heavy atom. The topological polar surface area (TPSA) is 53.6 Å². The number of aryl methyl sites for hydroxylation is 1. The Morgan fingerprint density at radius 1 is 1.40 bits per heavy atom. The van der Waals surface area contributed by atoms with Gasteiger partial charge in [0.1, 0.15) is 0 Å². The molecule has 5 heteroatoms. The number of para-hydroxylation sites is 1. The third-order valence-electron chi connectivity index (χ3n) is 3.93. The SMILES string of the molecule is CC1CCc2cccc(NC(=O)N3CCOCC3)c2N1. The minimum Gasteiger partial charge on any atom is -0.381 e. The van der Waals surface area contributed by atoms with Crippen LogP contribution in [0.25, 0.3) is 0 Å². The standard InChI is InChI=1S/C15H21N3O2/c1-11-5-6-12-3-2-4-13(14(12)16-11)17-15(19)18-7-9-20-10-8-18/h2-4,11,16H,5-10H2,1H3,(H,17,19). The molecule has 1 atom stereocenters. The van der Waals surface area contributed by atoms with Gasteiger partial charge in [-0.1, -0.05) is 12.1 Å². The molecule has 108 valence electrons. The lowest BCUT2D eigenvalue weighted by molar-refractivity contribution is 0.0564. The number of nitrogens with one attached hydrogen (secondary N) is 2. The molecule has 2 amide bonds. The fourth-order valence-corrected chi connectivity index (χ4v) is 2.73. The van der Waals surface area contributed by atoms with Crippen molar-refractivity contribution >= 4 is 17.4 Å². The van der Waals surface area contributed by atoms with Crippen LogP contribution in [0.2, 0.25) is 0 Å². The van der Waals surface area contributed by atoms with E-state index in [2.05, 4.69) is 23.6 Å². The zero-order chi connectivity index (χ0) is 13.9. The average molecular weight is 275 g/mol. The van der Waals surface area contributed by atoms with Crippen LogP contribution in [0.15, 0.2) is 18.2 Å². The Balaban J connectivity index is 1.75. The maximum atomic E-state index is 12.3. The fraction of sp³-hybridized carbons (Fsp3) is 0.533. The van der Waals surface area contributed by atoms with Gasteiger partial charge in [-0.3, -0.25) is 0 Å². The van der Waals surface area contributed by atoms with Crippen LogP contribution in [0.4, 0.5) is 16.2 Å². The van der Waals surface area contributed by atoms with Gasteiger partial charge in [-0.15, -0.1) is 0 Å². The second-order valence-corrected chi connectivity index (χ2v) is 5.45. The van der Waals surface area contributed by atoms with E-state index in [-0.39, 0.29) is 6.03 Å². The van der Waals surface area contributed by atoms with Crippen molar-refractivity contribution in [2.75, 3.05) is 36.9 Å². The van der Waals surface area contributed by atoms with E-state index in [1.807, 2.05) is 12.1 Å². The van der Waals surface area contributed by atoms with Gasteiger partial charge in [0.05, 0.1) is 24.6 Å². The highest BCUT2D eigenvalue weighted by Gasteiger charge is 2.21. The Kier molecular flexibility index (Phi) is 3.78. The van der Waals surface area contributed by atoms with Crippen LogP contribution in [0.3, 0.4) is 0 Å². The van der Waals surface area contributed by atoms with Gasteiger partial charge in [0, 0.05) is 19.1 Å². The number of morpholine rings is 1. The Morgan fingerprint density at radius 3 is 3.00 bits per heavy atom. The zero-order valence-electron chi connectivity index (χ0n) is 11.8. The van der Waals surface area contributed by atoms with Crippen molar-refractivity contribution in [3.05, 3.63) is 23.8 Å². The largest absolute Gasteiger partial charge is 0.381 e. The van der Waals surface area contributed by atoms with Gasteiger partial charge >= 0.3 is 6.03 Å². The second kappa shape index (κ2) is 5.71. The normalized spacial score (nSPS) is 21.9. The molecular formula is C15H21N3O2. The summed E-state index contributed by atoms with van der Waals surface area (Å²) < 4.78 is 5.27. The quantitative estimate of drug-likeness (QED) is 0.827. The molecule has 2 aliphatic rings. The van der Waals surface area contributed by atoms with Crippen LogP contribution >= 0.6 is 0 Å². The van der Waals surface area contributed by atoms with E-state index in [1.165, 1.54) is 5.56 Å². The van der Waals surface area contributed by atoms with E-state index in [0.29, 0.717) is 32.3 Å². The molecule has 0 aliphatic carbocycles. The number of rotatable bonds is 1. The van der Waals surface area contributed by atoms with Crippen LogP contribution in [-0.2, 0) is 11.2 Å². The van der Waals surface area contributed by atoms with Gasteiger partial charge in [0.15, 0.2) is 0 Å². The summed E-state index contributed by atoms with van der Waals surface area (Å²) in [6.07, 6.45) is 2.19. The molecule has 0 bridgehead atoms. The Hall–Kier alpha value is -1.75. The maximum absolute atomic E-state index is 12.3. The lowest BCUT2D eigenvalue weighted by atomic mass is 9.98. The van der Waals surface area contributed by atoms with Crippen molar-refractivity contribution in [1.82, 2.24) is 4.90 Å². The van der Waals surface area contributed by atoms with E-state index in [9.17, 15) is 4.79 Å².